The lowest BCUT2D eigenvalue weighted by Crippen LogP contribution is -2.42. The number of thioether (sulfide) groups is 1. The van der Waals surface area contributed by atoms with E-state index in [0.717, 1.165) is 24.6 Å². The minimum absolute atomic E-state index is 0.0443. The van der Waals surface area contributed by atoms with Crippen LogP contribution in [0.4, 0.5) is 13.2 Å². The average molecular weight is 396 g/mol. The molecule has 0 radical (unpaired) electrons. The lowest BCUT2D eigenvalue weighted by molar-refractivity contribution is -0.125. The van der Waals surface area contributed by atoms with Crippen LogP contribution in [0.1, 0.15) is 32.6 Å². The summed E-state index contributed by atoms with van der Waals surface area (Å²) in [5, 5.41) is 9.57. The molecule has 1 aliphatic carbocycles. The Morgan fingerprint density at radius 3 is 2.68 bits per heavy atom. The van der Waals surface area contributed by atoms with Gasteiger partial charge >= 0.3 is 6.18 Å². The number of hydrogen-bond acceptors (Lipinski definition) is 5. The second-order valence-corrected chi connectivity index (χ2v) is 7.94. The number of aliphatic hydroxyl groups excluding tert-OH is 1. The molecule has 0 aromatic heterocycles. The topological polar surface area (TPSA) is 48.2 Å². The van der Waals surface area contributed by atoms with Gasteiger partial charge in [-0.1, -0.05) is 6.58 Å². The van der Waals surface area contributed by atoms with Crippen molar-refractivity contribution in [2.24, 2.45) is 9.98 Å². The maximum absolute atomic E-state index is 12.8. The largest absolute Gasteiger partial charge is 0.393 e. The minimum Gasteiger partial charge on any atom is -0.391 e. The Morgan fingerprint density at radius 1 is 1.44 bits per heavy atom. The van der Waals surface area contributed by atoms with Crippen LogP contribution in [0.2, 0.25) is 0 Å². The summed E-state index contributed by atoms with van der Waals surface area (Å²) in [7, 11) is 1.74. The number of likely N-dealkylation sites (N-methyl/N-ethyl adjacent to an activating group) is 1. The van der Waals surface area contributed by atoms with E-state index in [4.69, 9.17) is 11.6 Å². The van der Waals surface area contributed by atoms with Gasteiger partial charge in [-0.15, -0.1) is 11.8 Å². The third kappa shape index (κ3) is 5.76. The molecule has 0 saturated heterocycles. The SMILES string of the molecule is C=C1/C=C(/CC(F)(F)F)SC(C)/N=C(Cl)\N=C/1N(C)C1CCCC1O. The van der Waals surface area contributed by atoms with Gasteiger partial charge in [-0.05, 0) is 48.8 Å². The van der Waals surface area contributed by atoms with Crippen molar-refractivity contribution < 1.29 is 18.3 Å². The van der Waals surface area contributed by atoms with Crippen LogP contribution in [-0.4, -0.2) is 51.9 Å². The first kappa shape index (κ1) is 20.3. The van der Waals surface area contributed by atoms with Crippen molar-refractivity contribution in [3.63, 3.8) is 0 Å². The normalized spacial score (nSPS) is 34.8. The van der Waals surface area contributed by atoms with Gasteiger partial charge in [-0.2, -0.15) is 13.2 Å². The molecule has 1 saturated carbocycles. The molecule has 3 atom stereocenters. The van der Waals surface area contributed by atoms with E-state index in [1.807, 2.05) is 0 Å². The summed E-state index contributed by atoms with van der Waals surface area (Å²) in [5.41, 5.74) is 0.316. The zero-order valence-electron chi connectivity index (χ0n) is 14.1. The Morgan fingerprint density at radius 2 is 2.12 bits per heavy atom. The lowest BCUT2D eigenvalue weighted by atomic mass is 10.1. The second kappa shape index (κ2) is 8.14. The summed E-state index contributed by atoms with van der Waals surface area (Å²) in [6, 6.07) is -0.176. The molecule has 1 aliphatic heterocycles. The van der Waals surface area contributed by atoms with E-state index in [9.17, 15) is 18.3 Å². The molecule has 140 valence electrons. The van der Waals surface area contributed by atoms with Gasteiger partial charge in [0.05, 0.1) is 23.9 Å². The van der Waals surface area contributed by atoms with Gasteiger partial charge in [0.1, 0.15) is 5.84 Å². The number of aliphatic hydroxyl groups is 1. The number of aliphatic imine (C=N–C) groups is 2. The number of amidine groups is 2. The Bertz CT molecular complexity index is 618. The third-order valence-electron chi connectivity index (χ3n) is 4.08. The van der Waals surface area contributed by atoms with E-state index in [1.165, 1.54) is 6.08 Å². The molecule has 0 aromatic rings. The zero-order valence-corrected chi connectivity index (χ0v) is 15.6. The predicted octanol–water partition coefficient (Wildman–Crippen LogP) is 4.31. The van der Waals surface area contributed by atoms with E-state index in [-0.39, 0.29) is 16.2 Å². The first-order valence-corrected chi connectivity index (χ1v) is 9.18. The summed E-state index contributed by atoms with van der Waals surface area (Å²) in [4.78, 5) is 10.2. The number of halogens is 4. The van der Waals surface area contributed by atoms with Crippen LogP contribution in [0.15, 0.2) is 33.1 Å². The van der Waals surface area contributed by atoms with Gasteiger partial charge < -0.3 is 10.0 Å². The molecule has 2 aliphatic rings. The van der Waals surface area contributed by atoms with Crippen LogP contribution in [-0.2, 0) is 0 Å². The van der Waals surface area contributed by atoms with Gasteiger partial charge in [0.2, 0.25) is 5.29 Å². The molecule has 0 amide bonds. The first-order valence-electron chi connectivity index (χ1n) is 7.93. The van der Waals surface area contributed by atoms with Crippen LogP contribution in [0, 0.1) is 0 Å². The molecule has 4 nitrogen and oxygen atoms in total. The molecule has 1 fully saturated rings. The van der Waals surface area contributed by atoms with Crippen molar-refractivity contribution >= 4 is 34.5 Å². The highest BCUT2D eigenvalue weighted by molar-refractivity contribution is 8.03. The van der Waals surface area contributed by atoms with E-state index in [2.05, 4.69) is 16.6 Å². The summed E-state index contributed by atoms with van der Waals surface area (Å²) in [5.74, 6) is 0.328. The molecule has 9 heteroatoms. The van der Waals surface area contributed by atoms with E-state index >= 15 is 0 Å². The van der Waals surface area contributed by atoms with E-state index in [0.29, 0.717) is 17.8 Å². The van der Waals surface area contributed by atoms with Crippen LogP contribution in [0.5, 0.6) is 0 Å². The van der Waals surface area contributed by atoms with E-state index in [1.54, 1.807) is 18.9 Å². The smallest absolute Gasteiger partial charge is 0.391 e. The highest BCUT2D eigenvalue weighted by atomic mass is 35.5. The van der Waals surface area contributed by atoms with Crippen LogP contribution < -0.4 is 0 Å². The monoisotopic (exact) mass is 395 g/mol. The Labute approximate surface area is 154 Å². The minimum atomic E-state index is -4.33. The predicted molar refractivity (Wildman–Crippen MR) is 97.1 cm³/mol. The van der Waals surface area contributed by atoms with E-state index < -0.39 is 24.1 Å². The number of rotatable bonds is 2. The molecule has 0 bridgehead atoms. The maximum Gasteiger partial charge on any atom is 0.393 e. The van der Waals surface area contributed by atoms with Crippen LogP contribution in [0.25, 0.3) is 0 Å². The van der Waals surface area contributed by atoms with Gasteiger partial charge in [0, 0.05) is 12.6 Å². The fourth-order valence-electron chi connectivity index (χ4n) is 3.00. The van der Waals surface area contributed by atoms with Crippen molar-refractivity contribution in [1.82, 2.24) is 4.90 Å². The van der Waals surface area contributed by atoms with Crippen molar-refractivity contribution in [3.05, 3.63) is 23.1 Å². The van der Waals surface area contributed by atoms with Crippen molar-refractivity contribution in [2.45, 2.75) is 56.3 Å². The maximum atomic E-state index is 12.8. The fraction of sp³-hybridized carbons (Fsp3) is 0.625. The van der Waals surface area contributed by atoms with Gasteiger partial charge in [0.15, 0.2) is 0 Å². The first-order chi connectivity index (χ1) is 11.6. The molecule has 1 heterocycles. The molecular formula is C16H21ClF3N3OS. The molecule has 25 heavy (non-hydrogen) atoms. The molecule has 1 N–H and O–H groups in total. The highest BCUT2D eigenvalue weighted by Crippen LogP contribution is 2.35. The molecule has 0 aromatic carbocycles. The fourth-order valence-corrected chi connectivity index (χ4v) is 4.33. The van der Waals surface area contributed by atoms with Crippen molar-refractivity contribution in [3.8, 4) is 0 Å². The second-order valence-electron chi connectivity index (χ2n) is 6.16. The van der Waals surface area contributed by atoms with Gasteiger partial charge in [-0.25, -0.2) is 9.98 Å². The number of allylic oxidation sites excluding steroid dienone is 1. The Balaban J connectivity index is 2.37. The third-order valence-corrected chi connectivity index (χ3v) is 5.27. The van der Waals surface area contributed by atoms with Crippen molar-refractivity contribution in [1.29, 1.82) is 0 Å². The quantitative estimate of drug-likeness (QED) is 0.709. The van der Waals surface area contributed by atoms with Crippen LogP contribution >= 0.6 is 23.4 Å². The molecule has 3 unspecified atom stereocenters. The summed E-state index contributed by atoms with van der Waals surface area (Å²) in [6.07, 6.45) is -2.20. The molecule has 0 spiro atoms. The van der Waals surface area contributed by atoms with Gasteiger partial charge in [-0.3, -0.25) is 0 Å². The zero-order chi connectivity index (χ0) is 18.8. The Hall–Kier alpha value is -0.990. The lowest BCUT2D eigenvalue weighted by Gasteiger charge is -2.30. The average Bonchev–Trinajstić information content (AvgIpc) is 2.88. The number of hydrogen-bond donors (Lipinski definition) is 1. The number of nitrogens with zero attached hydrogens (tertiary/aromatic N) is 3. The van der Waals surface area contributed by atoms with Gasteiger partial charge in [0.25, 0.3) is 0 Å². The molecule has 2 rings (SSSR count). The summed E-state index contributed by atoms with van der Waals surface area (Å²) >= 11 is 7.04. The van der Waals surface area contributed by atoms with Crippen molar-refractivity contribution in [2.75, 3.05) is 7.05 Å². The number of alkyl halides is 3. The molecular weight excluding hydrogens is 375 g/mol. The Kier molecular flexibility index (Phi) is 6.62. The van der Waals surface area contributed by atoms with Crippen LogP contribution in [0.3, 0.4) is 0 Å². The summed E-state index contributed by atoms with van der Waals surface area (Å²) in [6.45, 7) is 5.53. The summed E-state index contributed by atoms with van der Waals surface area (Å²) < 4.78 is 38.5. The standard InChI is InChI=1S/C16H21ClF3N3OS/c1-9-7-11(8-16(18,19)20)25-10(2)21-15(17)22-14(9)23(3)12-5-4-6-13(12)24/h7,10,12-13,24H,1,4-6,8H2,2-3H3/b11-7-,21-15-,22-14+. The highest BCUT2D eigenvalue weighted by Gasteiger charge is 2.33.